The zero-order valence-corrected chi connectivity index (χ0v) is 13.7. The predicted molar refractivity (Wildman–Crippen MR) is 82.5 cm³/mol. The van der Waals surface area contributed by atoms with Crippen LogP contribution in [0.25, 0.3) is 0 Å². The fourth-order valence-corrected chi connectivity index (χ4v) is 1.43. The number of hydrogen-bond donors (Lipinski definition) is 0. The van der Waals surface area contributed by atoms with Crippen LogP contribution in [0.5, 0.6) is 0 Å². The summed E-state index contributed by atoms with van der Waals surface area (Å²) in [5.74, 6) is 2.66. The maximum absolute atomic E-state index is 2.37. The summed E-state index contributed by atoms with van der Waals surface area (Å²) in [4.78, 5) is 0. The molecular weight excluding hydrogens is 204 g/mol. The average Bonchev–Trinajstić information content (AvgIpc) is 2.17. The minimum absolute atomic E-state index is 0.863. The van der Waals surface area contributed by atoms with E-state index in [2.05, 4.69) is 34.6 Å². The average molecular weight is 242 g/mol. The van der Waals surface area contributed by atoms with E-state index in [0.717, 1.165) is 17.8 Å². The number of hydrogen-bond acceptors (Lipinski definition) is 0. The normalized spacial score (nSPS) is 15.4. The molecule has 1 rings (SSSR count). The topological polar surface area (TPSA) is 0 Å². The molecule has 0 aliphatic heterocycles. The molecule has 1 fully saturated rings. The molecule has 0 radical (unpaired) electrons. The van der Waals surface area contributed by atoms with Crippen LogP contribution in [0.2, 0.25) is 0 Å². The van der Waals surface area contributed by atoms with Gasteiger partial charge in [-0.2, -0.15) is 0 Å². The highest BCUT2D eigenvalue weighted by Gasteiger charge is 2.06. The van der Waals surface area contributed by atoms with Crippen LogP contribution in [0, 0.1) is 17.8 Å². The van der Waals surface area contributed by atoms with E-state index >= 15 is 0 Å². The third-order valence-electron chi connectivity index (χ3n) is 3.58. The molecule has 0 amide bonds. The molecule has 1 aliphatic carbocycles. The van der Waals surface area contributed by atoms with E-state index < -0.39 is 0 Å². The predicted octanol–water partition coefficient (Wildman–Crippen LogP) is 6.69. The summed E-state index contributed by atoms with van der Waals surface area (Å²) >= 11 is 0. The van der Waals surface area contributed by atoms with Crippen molar-refractivity contribution in [2.75, 3.05) is 0 Å². The van der Waals surface area contributed by atoms with Crippen LogP contribution in [-0.2, 0) is 0 Å². The lowest BCUT2D eigenvalue weighted by molar-refractivity contribution is 0.366. The first kappa shape index (κ1) is 19.3. The van der Waals surface area contributed by atoms with Gasteiger partial charge in [0, 0.05) is 0 Å². The Balaban J connectivity index is 0. The molecule has 17 heavy (non-hydrogen) atoms. The second-order valence-corrected chi connectivity index (χ2v) is 5.96. The molecule has 0 heterocycles. The first-order valence-electron chi connectivity index (χ1n) is 8.04. The molecule has 0 bridgehead atoms. The summed E-state index contributed by atoms with van der Waals surface area (Å²) in [6.45, 7) is 15.6. The second-order valence-electron chi connectivity index (χ2n) is 5.96. The first-order chi connectivity index (χ1) is 8.04. The monoisotopic (exact) mass is 242 g/mol. The van der Waals surface area contributed by atoms with Crippen molar-refractivity contribution in [3.63, 3.8) is 0 Å². The van der Waals surface area contributed by atoms with Crippen LogP contribution >= 0.6 is 0 Å². The zero-order chi connectivity index (χ0) is 13.7. The molecule has 0 nitrogen and oxygen atoms in total. The van der Waals surface area contributed by atoms with E-state index in [0.29, 0.717) is 0 Å². The molecule has 0 heteroatoms. The van der Waals surface area contributed by atoms with Gasteiger partial charge in [0.05, 0.1) is 0 Å². The van der Waals surface area contributed by atoms with Gasteiger partial charge in [0.25, 0.3) is 0 Å². The number of rotatable bonds is 5. The lowest BCUT2D eigenvalue weighted by Crippen LogP contribution is -2.03. The van der Waals surface area contributed by atoms with Gasteiger partial charge in [-0.1, -0.05) is 93.4 Å². The summed E-state index contributed by atoms with van der Waals surface area (Å²) in [6, 6.07) is 0. The van der Waals surface area contributed by atoms with Crippen LogP contribution in [0.4, 0.5) is 0 Å². The highest BCUT2D eigenvalue weighted by Crippen LogP contribution is 2.18. The minimum Gasteiger partial charge on any atom is -0.0683 e. The Kier molecular flexibility index (Phi) is 16.0. The molecular formula is C17H38. The Labute approximate surface area is 112 Å². The van der Waals surface area contributed by atoms with Gasteiger partial charge in [-0.05, 0) is 17.8 Å². The molecule has 106 valence electrons. The first-order valence-corrected chi connectivity index (χ1v) is 8.04. The fraction of sp³-hybridized carbons (Fsp3) is 1.00. The van der Waals surface area contributed by atoms with Crippen LogP contribution in [0.1, 0.15) is 93.4 Å². The largest absolute Gasteiger partial charge is 0.0683 e. The minimum atomic E-state index is 0.863. The summed E-state index contributed by atoms with van der Waals surface area (Å²) < 4.78 is 0. The van der Waals surface area contributed by atoms with Crippen molar-refractivity contribution in [3.05, 3.63) is 0 Å². The van der Waals surface area contributed by atoms with Gasteiger partial charge < -0.3 is 0 Å². The van der Waals surface area contributed by atoms with Crippen molar-refractivity contribution in [1.82, 2.24) is 0 Å². The Morgan fingerprint density at radius 1 is 0.706 bits per heavy atom. The van der Waals surface area contributed by atoms with Crippen LogP contribution in [0.15, 0.2) is 0 Å². The Morgan fingerprint density at radius 2 is 1.12 bits per heavy atom. The molecule has 0 aromatic carbocycles. The van der Waals surface area contributed by atoms with E-state index in [-0.39, 0.29) is 0 Å². The van der Waals surface area contributed by atoms with Crippen LogP contribution in [-0.4, -0.2) is 0 Å². The van der Waals surface area contributed by atoms with Crippen molar-refractivity contribution in [1.29, 1.82) is 0 Å². The van der Waals surface area contributed by atoms with E-state index in [4.69, 9.17) is 0 Å². The summed E-state index contributed by atoms with van der Waals surface area (Å²) in [6.07, 6.45) is 10.2. The molecule has 0 saturated heterocycles. The van der Waals surface area contributed by atoms with E-state index in [1.54, 1.807) is 0 Å². The molecule has 1 saturated carbocycles. The second kappa shape index (κ2) is 14.1. The molecule has 0 aromatic rings. The Morgan fingerprint density at radius 3 is 1.35 bits per heavy atom. The van der Waals surface area contributed by atoms with Gasteiger partial charge in [0.1, 0.15) is 0 Å². The maximum Gasteiger partial charge on any atom is -0.0420 e. The van der Waals surface area contributed by atoms with Crippen LogP contribution < -0.4 is 0 Å². The van der Waals surface area contributed by atoms with E-state index in [1.165, 1.54) is 44.9 Å². The lowest BCUT2D eigenvalue weighted by atomic mass is 9.91. The van der Waals surface area contributed by atoms with Crippen molar-refractivity contribution in [2.45, 2.75) is 93.4 Å². The standard InChI is InChI=1S/C11H24.C4H8.C2H6/c1-9(2)7-6-8-11(5)10(3)4;1-2-4-3-1;1-2/h9-11H,6-8H2,1-5H3;1-4H2;1-2H3. The van der Waals surface area contributed by atoms with E-state index in [1.807, 2.05) is 13.8 Å². The van der Waals surface area contributed by atoms with Gasteiger partial charge in [0.2, 0.25) is 0 Å². The zero-order valence-electron chi connectivity index (χ0n) is 13.7. The Hall–Kier alpha value is 0. The van der Waals surface area contributed by atoms with Gasteiger partial charge in [-0.25, -0.2) is 0 Å². The Bertz CT molecular complexity index is 116. The third kappa shape index (κ3) is 16.0. The molecule has 0 N–H and O–H groups in total. The van der Waals surface area contributed by atoms with Crippen LogP contribution in [0.3, 0.4) is 0 Å². The molecule has 0 aromatic heterocycles. The third-order valence-corrected chi connectivity index (χ3v) is 3.58. The summed E-state index contributed by atoms with van der Waals surface area (Å²) in [7, 11) is 0. The molecule has 0 spiro atoms. The summed E-state index contributed by atoms with van der Waals surface area (Å²) in [5.41, 5.74) is 0. The highest BCUT2D eigenvalue weighted by molar-refractivity contribution is 4.58. The van der Waals surface area contributed by atoms with Gasteiger partial charge in [-0.3, -0.25) is 0 Å². The van der Waals surface area contributed by atoms with Crippen molar-refractivity contribution < 1.29 is 0 Å². The summed E-state index contributed by atoms with van der Waals surface area (Å²) in [5, 5.41) is 0. The molecule has 1 unspecified atom stereocenters. The quantitative estimate of drug-likeness (QED) is 0.503. The van der Waals surface area contributed by atoms with E-state index in [9.17, 15) is 0 Å². The fourth-order valence-electron chi connectivity index (χ4n) is 1.43. The molecule has 1 atom stereocenters. The van der Waals surface area contributed by atoms with Gasteiger partial charge >= 0.3 is 0 Å². The lowest BCUT2D eigenvalue weighted by Gasteiger charge is -2.15. The van der Waals surface area contributed by atoms with Gasteiger partial charge in [0.15, 0.2) is 0 Å². The van der Waals surface area contributed by atoms with Gasteiger partial charge in [-0.15, -0.1) is 0 Å². The molecule has 1 aliphatic rings. The maximum atomic E-state index is 2.37. The SMILES string of the molecule is C1CCC1.CC.CC(C)CCCC(C)C(C)C. The van der Waals surface area contributed by atoms with Crippen molar-refractivity contribution in [3.8, 4) is 0 Å². The van der Waals surface area contributed by atoms with Crippen molar-refractivity contribution >= 4 is 0 Å². The smallest absolute Gasteiger partial charge is 0.0420 e. The highest BCUT2D eigenvalue weighted by atomic mass is 14.1. The van der Waals surface area contributed by atoms with Crippen molar-refractivity contribution in [2.24, 2.45) is 17.8 Å².